The van der Waals surface area contributed by atoms with E-state index in [2.05, 4.69) is 4.90 Å². The Bertz CT molecular complexity index is 389. The first-order valence-corrected chi connectivity index (χ1v) is 6.50. The molecule has 0 unspecified atom stereocenters. The molecule has 2 N–H and O–H groups in total. The average molecular weight is 252 g/mol. The first-order valence-electron chi connectivity index (χ1n) is 6.50. The Hall–Kier alpha value is -1.13. The Labute approximate surface area is 108 Å². The molecule has 1 aliphatic heterocycles. The van der Waals surface area contributed by atoms with Gasteiger partial charge in [0.05, 0.1) is 7.11 Å². The van der Waals surface area contributed by atoms with E-state index in [4.69, 9.17) is 10.5 Å². The molecule has 0 atom stereocenters. The molecule has 0 amide bonds. The zero-order valence-electron chi connectivity index (χ0n) is 10.9. The topological polar surface area (TPSA) is 38.5 Å². The highest BCUT2D eigenvalue weighted by Gasteiger charge is 2.20. The summed E-state index contributed by atoms with van der Waals surface area (Å²) < 4.78 is 18.6. The molecule has 18 heavy (non-hydrogen) atoms. The Morgan fingerprint density at radius 1 is 1.39 bits per heavy atom. The van der Waals surface area contributed by atoms with E-state index in [-0.39, 0.29) is 5.82 Å². The Balaban J connectivity index is 1.99. The maximum absolute atomic E-state index is 13.7. The summed E-state index contributed by atoms with van der Waals surface area (Å²) in [6.07, 6.45) is 2.15. The van der Waals surface area contributed by atoms with Crippen LogP contribution in [0.25, 0.3) is 0 Å². The van der Waals surface area contributed by atoms with Crippen LogP contribution in [-0.4, -0.2) is 38.2 Å². The van der Waals surface area contributed by atoms with E-state index < -0.39 is 0 Å². The van der Waals surface area contributed by atoms with Crippen molar-refractivity contribution >= 4 is 0 Å². The van der Waals surface area contributed by atoms with Gasteiger partial charge >= 0.3 is 0 Å². The summed E-state index contributed by atoms with van der Waals surface area (Å²) in [5.74, 6) is 0.512. The number of benzene rings is 1. The van der Waals surface area contributed by atoms with Crippen LogP contribution in [0, 0.1) is 5.82 Å². The monoisotopic (exact) mass is 252 g/mol. The highest BCUT2D eigenvalue weighted by molar-refractivity contribution is 5.31. The van der Waals surface area contributed by atoms with Crippen LogP contribution in [0.3, 0.4) is 0 Å². The highest BCUT2D eigenvalue weighted by Crippen LogP contribution is 2.30. The van der Waals surface area contributed by atoms with Gasteiger partial charge in [-0.25, -0.2) is 4.39 Å². The summed E-state index contributed by atoms with van der Waals surface area (Å²) in [5, 5.41) is 0. The minimum absolute atomic E-state index is 0.264. The van der Waals surface area contributed by atoms with Gasteiger partial charge < -0.3 is 15.4 Å². The molecule has 1 saturated heterocycles. The standard InChI is InChI=1S/C14H21FN2O/c1-18-14-3-2-12(10-13(14)15)11-4-7-17(8-5-11)9-6-16/h2-3,10-11H,4-9,16H2,1H3. The second-order valence-corrected chi connectivity index (χ2v) is 4.80. The molecule has 1 heterocycles. The third kappa shape index (κ3) is 3.00. The molecule has 3 nitrogen and oxygen atoms in total. The molecule has 100 valence electrons. The lowest BCUT2D eigenvalue weighted by Crippen LogP contribution is -2.36. The normalized spacial score (nSPS) is 17.9. The number of nitrogens with two attached hydrogens (primary N) is 1. The van der Waals surface area contributed by atoms with Crippen LogP contribution >= 0.6 is 0 Å². The zero-order valence-corrected chi connectivity index (χ0v) is 10.9. The van der Waals surface area contributed by atoms with Gasteiger partial charge in [-0.3, -0.25) is 0 Å². The van der Waals surface area contributed by atoms with Crippen molar-refractivity contribution < 1.29 is 9.13 Å². The first kappa shape index (κ1) is 13.3. The van der Waals surface area contributed by atoms with Crippen molar-refractivity contribution in [3.63, 3.8) is 0 Å². The van der Waals surface area contributed by atoms with Gasteiger partial charge in [0.15, 0.2) is 11.6 Å². The van der Waals surface area contributed by atoms with Gasteiger partial charge in [-0.2, -0.15) is 0 Å². The minimum Gasteiger partial charge on any atom is -0.494 e. The quantitative estimate of drug-likeness (QED) is 0.890. The number of hydrogen-bond acceptors (Lipinski definition) is 3. The number of likely N-dealkylation sites (tertiary alicyclic amines) is 1. The molecule has 1 aromatic rings. The Kier molecular flexibility index (Phi) is 4.55. The number of halogens is 1. The van der Waals surface area contributed by atoms with E-state index in [1.54, 1.807) is 12.1 Å². The Morgan fingerprint density at radius 2 is 2.11 bits per heavy atom. The highest BCUT2D eigenvalue weighted by atomic mass is 19.1. The molecule has 1 aliphatic rings. The van der Waals surface area contributed by atoms with Crippen molar-refractivity contribution in [2.75, 3.05) is 33.3 Å². The number of hydrogen-bond donors (Lipinski definition) is 1. The largest absolute Gasteiger partial charge is 0.494 e. The van der Waals surface area contributed by atoms with Gasteiger partial charge in [0, 0.05) is 13.1 Å². The predicted octanol–water partition coefficient (Wildman–Crippen LogP) is 1.97. The van der Waals surface area contributed by atoms with Crippen LogP contribution in [-0.2, 0) is 0 Å². The fraction of sp³-hybridized carbons (Fsp3) is 0.571. The second-order valence-electron chi connectivity index (χ2n) is 4.80. The lowest BCUT2D eigenvalue weighted by atomic mass is 9.89. The van der Waals surface area contributed by atoms with Crippen LogP contribution in [0.5, 0.6) is 5.75 Å². The zero-order chi connectivity index (χ0) is 13.0. The molecule has 1 fully saturated rings. The maximum Gasteiger partial charge on any atom is 0.165 e. The van der Waals surface area contributed by atoms with Crippen LogP contribution < -0.4 is 10.5 Å². The number of nitrogens with zero attached hydrogens (tertiary/aromatic N) is 1. The first-order chi connectivity index (χ1) is 8.74. The average Bonchev–Trinajstić information content (AvgIpc) is 2.40. The van der Waals surface area contributed by atoms with E-state index in [1.807, 2.05) is 6.07 Å². The fourth-order valence-corrected chi connectivity index (χ4v) is 2.61. The minimum atomic E-state index is -0.264. The number of piperidine rings is 1. The van der Waals surface area contributed by atoms with Crippen molar-refractivity contribution in [2.45, 2.75) is 18.8 Å². The van der Waals surface area contributed by atoms with E-state index in [1.165, 1.54) is 7.11 Å². The number of rotatable bonds is 4. The lowest BCUT2D eigenvalue weighted by molar-refractivity contribution is 0.217. The van der Waals surface area contributed by atoms with Gasteiger partial charge in [-0.05, 0) is 49.5 Å². The molecular weight excluding hydrogens is 231 g/mol. The van der Waals surface area contributed by atoms with E-state index in [0.29, 0.717) is 18.2 Å². The second kappa shape index (κ2) is 6.16. The summed E-state index contributed by atoms with van der Waals surface area (Å²) in [6, 6.07) is 5.31. The summed E-state index contributed by atoms with van der Waals surface area (Å²) in [7, 11) is 1.49. The predicted molar refractivity (Wildman–Crippen MR) is 70.4 cm³/mol. The Morgan fingerprint density at radius 3 is 2.67 bits per heavy atom. The van der Waals surface area contributed by atoms with Gasteiger partial charge in [0.2, 0.25) is 0 Å². The van der Waals surface area contributed by atoms with E-state index in [9.17, 15) is 4.39 Å². The van der Waals surface area contributed by atoms with Crippen LogP contribution in [0.15, 0.2) is 18.2 Å². The molecule has 1 aromatic carbocycles. The molecule has 4 heteroatoms. The van der Waals surface area contributed by atoms with Crippen molar-refractivity contribution in [3.05, 3.63) is 29.6 Å². The third-order valence-corrected chi connectivity index (χ3v) is 3.68. The SMILES string of the molecule is COc1ccc(C2CCN(CCN)CC2)cc1F. The molecule has 0 radical (unpaired) electrons. The molecule has 0 bridgehead atoms. The molecule has 0 spiro atoms. The summed E-state index contributed by atoms with van der Waals surface area (Å²) in [6.45, 7) is 3.77. The summed E-state index contributed by atoms with van der Waals surface area (Å²) in [5.41, 5.74) is 6.64. The van der Waals surface area contributed by atoms with Crippen molar-refractivity contribution in [1.29, 1.82) is 0 Å². The van der Waals surface area contributed by atoms with Gasteiger partial charge in [-0.15, -0.1) is 0 Å². The van der Waals surface area contributed by atoms with Gasteiger partial charge in [-0.1, -0.05) is 6.07 Å². The maximum atomic E-state index is 13.7. The summed E-state index contributed by atoms with van der Waals surface area (Å²) >= 11 is 0. The molecule has 2 rings (SSSR count). The van der Waals surface area contributed by atoms with Crippen LogP contribution in [0.2, 0.25) is 0 Å². The van der Waals surface area contributed by atoms with Crippen LogP contribution in [0.4, 0.5) is 4.39 Å². The fourth-order valence-electron chi connectivity index (χ4n) is 2.61. The summed E-state index contributed by atoms with van der Waals surface area (Å²) in [4.78, 5) is 2.37. The number of methoxy groups -OCH3 is 1. The smallest absolute Gasteiger partial charge is 0.165 e. The molecule has 0 saturated carbocycles. The molecular formula is C14H21FN2O. The van der Waals surface area contributed by atoms with Crippen molar-refractivity contribution in [1.82, 2.24) is 4.90 Å². The lowest BCUT2D eigenvalue weighted by Gasteiger charge is -2.31. The van der Waals surface area contributed by atoms with E-state index in [0.717, 1.165) is 38.0 Å². The van der Waals surface area contributed by atoms with Crippen molar-refractivity contribution in [3.8, 4) is 5.75 Å². The van der Waals surface area contributed by atoms with E-state index >= 15 is 0 Å². The van der Waals surface area contributed by atoms with Gasteiger partial charge in [0.25, 0.3) is 0 Å². The molecule has 0 aliphatic carbocycles. The number of ether oxygens (including phenoxy) is 1. The van der Waals surface area contributed by atoms with Gasteiger partial charge in [0.1, 0.15) is 0 Å². The third-order valence-electron chi connectivity index (χ3n) is 3.68. The van der Waals surface area contributed by atoms with Crippen molar-refractivity contribution in [2.24, 2.45) is 5.73 Å². The van der Waals surface area contributed by atoms with Crippen LogP contribution in [0.1, 0.15) is 24.3 Å². The molecule has 0 aromatic heterocycles.